The highest BCUT2D eigenvalue weighted by atomic mass is 16.5. The lowest BCUT2D eigenvalue weighted by Crippen LogP contribution is -2.18. The van der Waals surface area contributed by atoms with Gasteiger partial charge in [-0.1, -0.05) is 116 Å². The minimum Gasteiger partial charge on any atom is -0.497 e. The molecule has 0 amide bonds. The van der Waals surface area contributed by atoms with Gasteiger partial charge in [-0.25, -0.2) is 0 Å². The molecule has 47 heavy (non-hydrogen) atoms. The molecule has 0 saturated carbocycles. The van der Waals surface area contributed by atoms with Crippen LogP contribution < -0.4 is 29.1 Å². The first-order chi connectivity index (χ1) is 23.0. The van der Waals surface area contributed by atoms with Crippen LogP contribution in [-0.4, -0.2) is 38.6 Å². The first-order valence-corrected chi connectivity index (χ1v) is 17.2. The summed E-state index contributed by atoms with van der Waals surface area (Å²) in [6, 6.07) is 9.30. The monoisotopic (exact) mass is 645 g/mol. The average molecular weight is 646 g/mol. The molecule has 0 atom stereocenters. The fourth-order valence-electron chi connectivity index (χ4n) is 5.85. The minimum atomic E-state index is -0.268. The Morgan fingerprint density at radius 3 is 1.81 bits per heavy atom. The fourth-order valence-corrected chi connectivity index (χ4v) is 5.85. The number of rotatable bonds is 25. The molecule has 0 spiro atoms. The summed E-state index contributed by atoms with van der Waals surface area (Å²) in [6.45, 7) is 15.0. The number of hydrogen-bond acceptors (Lipinski definition) is 6. The second-order valence-electron chi connectivity index (χ2n) is 11.7. The molecule has 0 N–H and O–H groups in total. The summed E-state index contributed by atoms with van der Waals surface area (Å²) in [6.07, 6.45) is 20.0. The molecule has 1 aromatic heterocycles. The molecule has 3 rings (SSSR count). The molecule has 3 aromatic rings. The number of unbranched alkanes of at least 4 members (excludes halogenated alkanes) is 11. The molecule has 0 radical (unpaired) electrons. The highest BCUT2D eigenvalue weighted by Crippen LogP contribution is 2.40. The SMILES string of the molecule is C=CCOc1ccc(-c2c(OCC=C)c(=O)c3c(OCC=C)cc(OC)cc3n2CCCCCCCCCCCCCC)cc1OC. The van der Waals surface area contributed by atoms with Crippen molar-refractivity contribution in [2.24, 2.45) is 0 Å². The molecular weight excluding hydrogens is 590 g/mol. The van der Waals surface area contributed by atoms with Gasteiger partial charge in [0.25, 0.3) is 0 Å². The molecule has 0 bridgehead atoms. The molecule has 0 aliphatic heterocycles. The Kier molecular flexibility index (Phi) is 16.6. The van der Waals surface area contributed by atoms with E-state index < -0.39 is 0 Å². The van der Waals surface area contributed by atoms with Gasteiger partial charge in [0, 0.05) is 24.2 Å². The maximum atomic E-state index is 14.3. The zero-order chi connectivity index (χ0) is 33.9. The van der Waals surface area contributed by atoms with E-state index in [2.05, 4.69) is 31.2 Å². The first kappa shape index (κ1) is 37.3. The van der Waals surface area contributed by atoms with Crippen molar-refractivity contribution in [2.75, 3.05) is 34.0 Å². The van der Waals surface area contributed by atoms with Crippen molar-refractivity contribution in [3.8, 4) is 40.0 Å². The smallest absolute Gasteiger partial charge is 0.235 e. The summed E-state index contributed by atoms with van der Waals surface area (Å²) >= 11 is 0. The largest absolute Gasteiger partial charge is 0.497 e. The van der Waals surface area contributed by atoms with Crippen molar-refractivity contribution in [1.82, 2.24) is 4.57 Å². The van der Waals surface area contributed by atoms with Crippen LogP contribution in [0, 0.1) is 0 Å². The van der Waals surface area contributed by atoms with Crippen molar-refractivity contribution >= 4 is 10.9 Å². The van der Waals surface area contributed by atoms with E-state index in [0.717, 1.165) is 18.4 Å². The van der Waals surface area contributed by atoms with Crippen molar-refractivity contribution in [1.29, 1.82) is 0 Å². The van der Waals surface area contributed by atoms with Gasteiger partial charge in [-0.3, -0.25) is 4.79 Å². The van der Waals surface area contributed by atoms with E-state index >= 15 is 0 Å². The fraction of sp³-hybridized carbons (Fsp3) is 0.475. The van der Waals surface area contributed by atoms with Crippen LogP contribution in [0.15, 0.2) is 73.1 Å². The standard InChI is InChI=1S/C40H55NO6/c1-7-11-12-13-14-15-16-17-18-19-20-21-24-41-33-29-32(43-5)30-36(46-26-9-3)37(33)39(42)40(47-27-10-4)38(41)31-22-23-34(45-25-8-2)35(28-31)44-6/h8-10,22-23,28-30H,2-4,7,11-21,24-27H2,1,5-6H3. The van der Waals surface area contributed by atoms with Crippen LogP contribution in [0.1, 0.15) is 84.0 Å². The highest BCUT2D eigenvalue weighted by molar-refractivity contribution is 5.92. The quantitative estimate of drug-likeness (QED) is 0.0675. The Balaban J connectivity index is 2.03. The van der Waals surface area contributed by atoms with Crippen molar-refractivity contribution in [2.45, 2.75) is 90.5 Å². The minimum absolute atomic E-state index is 0.170. The Morgan fingerprint density at radius 1 is 0.660 bits per heavy atom. The Hall–Kier alpha value is -4.13. The van der Waals surface area contributed by atoms with E-state index in [1.165, 1.54) is 64.2 Å². The lowest BCUT2D eigenvalue weighted by atomic mass is 10.0. The normalized spacial score (nSPS) is 10.9. The summed E-state index contributed by atoms with van der Waals surface area (Å²) in [5.41, 5.74) is 1.86. The summed E-state index contributed by atoms with van der Waals surface area (Å²) in [5.74, 6) is 2.38. The number of ether oxygens (including phenoxy) is 5. The molecule has 0 aliphatic rings. The van der Waals surface area contributed by atoms with Gasteiger partial charge in [0.1, 0.15) is 31.3 Å². The van der Waals surface area contributed by atoms with E-state index in [1.807, 2.05) is 24.3 Å². The molecule has 1 heterocycles. The molecule has 0 aliphatic carbocycles. The Morgan fingerprint density at radius 2 is 1.23 bits per heavy atom. The van der Waals surface area contributed by atoms with Crippen LogP contribution in [-0.2, 0) is 6.54 Å². The summed E-state index contributed by atoms with van der Waals surface area (Å²) < 4.78 is 31.6. The van der Waals surface area contributed by atoms with E-state index in [0.29, 0.717) is 52.7 Å². The molecule has 0 saturated heterocycles. The number of fused-ring (bicyclic) bond motifs is 1. The van der Waals surface area contributed by atoms with E-state index in [1.54, 1.807) is 38.5 Å². The van der Waals surface area contributed by atoms with E-state index in [4.69, 9.17) is 23.7 Å². The van der Waals surface area contributed by atoms with Crippen molar-refractivity contribution in [3.05, 3.63) is 78.5 Å². The molecule has 7 heteroatoms. The molecule has 7 nitrogen and oxygen atoms in total. The number of aryl methyl sites for hydroxylation is 1. The van der Waals surface area contributed by atoms with Gasteiger partial charge < -0.3 is 28.3 Å². The topological polar surface area (TPSA) is 68.2 Å². The molecule has 0 unspecified atom stereocenters. The third kappa shape index (κ3) is 10.7. The number of hydrogen-bond donors (Lipinski definition) is 0. The predicted octanol–water partition coefficient (Wildman–Crippen LogP) is 10.1. The van der Waals surface area contributed by atoms with Crippen molar-refractivity contribution in [3.63, 3.8) is 0 Å². The lowest BCUT2D eigenvalue weighted by molar-refractivity contribution is 0.326. The third-order valence-corrected chi connectivity index (χ3v) is 8.23. The van der Waals surface area contributed by atoms with Gasteiger partial charge in [0.15, 0.2) is 17.2 Å². The molecule has 0 fully saturated rings. The van der Waals surface area contributed by atoms with Crippen LogP contribution in [0.25, 0.3) is 22.2 Å². The number of nitrogens with zero attached hydrogens (tertiary/aromatic N) is 1. The summed E-state index contributed by atoms with van der Waals surface area (Å²) in [5, 5.41) is 0.437. The zero-order valence-corrected chi connectivity index (χ0v) is 29.0. The maximum absolute atomic E-state index is 14.3. The predicted molar refractivity (Wildman–Crippen MR) is 195 cm³/mol. The van der Waals surface area contributed by atoms with Gasteiger partial charge in [0.05, 0.1) is 30.8 Å². The number of aromatic nitrogens is 1. The number of benzene rings is 2. The molecule has 2 aromatic carbocycles. The molecular formula is C40H55NO6. The second kappa shape index (κ2) is 20.9. The van der Waals surface area contributed by atoms with Crippen LogP contribution in [0.4, 0.5) is 0 Å². The lowest BCUT2D eigenvalue weighted by Gasteiger charge is -2.23. The summed E-state index contributed by atoms with van der Waals surface area (Å²) in [4.78, 5) is 14.3. The van der Waals surface area contributed by atoms with E-state index in [9.17, 15) is 4.79 Å². The van der Waals surface area contributed by atoms with Gasteiger partial charge >= 0.3 is 0 Å². The Bertz CT molecular complexity index is 1490. The van der Waals surface area contributed by atoms with E-state index in [-0.39, 0.29) is 24.4 Å². The van der Waals surface area contributed by atoms with Gasteiger partial charge in [-0.15, -0.1) is 0 Å². The van der Waals surface area contributed by atoms with Crippen LogP contribution in [0.5, 0.6) is 28.7 Å². The third-order valence-electron chi connectivity index (χ3n) is 8.23. The first-order valence-electron chi connectivity index (χ1n) is 17.2. The number of methoxy groups -OCH3 is 2. The number of pyridine rings is 1. The van der Waals surface area contributed by atoms with Crippen LogP contribution >= 0.6 is 0 Å². The van der Waals surface area contributed by atoms with Crippen LogP contribution in [0.3, 0.4) is 0 Å². The van der Waals surface area contributed by atoms with Gasteiger partial charge in [-0.2, -0.15) is 0 Å². The van der Waals surface area contributed by atoms with Crippen LogP contribution in [0.2, 0.25) is 0 Å². The van der Waals surface area contributed by atoms with Gasteiger partial charge in [-0.05, 0) is 24.6 Å². The Labute approximate surface area is 281 Å². The summed E-state index contributed by atoms with van der Waals surface area (Å²) in [7, 11) is 3.21. The average Bonchev–Trinajstić information content (AvgIpc) is 3.09. The van der Waals surface area contributed by atoms with Crippen molar-refractivity contribution < 1.29 is 23.7 Å². The van der Waals surface area contributed by atoms with Gasteiger partial charge in [0.2, 0.25) is 5.43 Å². The maximum Gasteiger partial charge on any atom is 0.235 e. The molecule has 256 valence electrons. The highest BCUT2D eigenvalue weighted by Gasteiger charge is 2.24. The second-order valence-corrected chi connectivity index (χ2v) is 11.7. The zero-order valence-electron chi connectivity index (χ0n) is 29.0.